The summed E-state index contributed by atoms with van der Waals surface area (Å²) in [6.07, 6.45) is 4.96. The van der Waals surface area contributed by atoms with Gasteiger partial charge in [-0.2, -0.15) is 0 Å². The van der Waals surface area contributed by atoms with Crippen LogP contribution in [0.15, 0.2) is 24.3 Å². The third-order valence-corrected chi connectivity index (χ3v) is 4.96. The van der Waals surface area contributed by atoms with Gasteiger partial charge in [-0.1, -0.05) is 25.0 Å². The molecule has 5 nitrogen and oxygen atoms in total. The molecule has 1 aromatic rings. The number of non-ortho nitro benzene ring substituents is 1. The molecule has 2 aliphatic rings. The fourth-order valence-corrected chi connectivity index (χ4v) is 3.96. The Bertz CT molecular complexity index is 516. The van der Waals surface area contributed by atoms with Gasteiger partial charge in [-0.3, -0.25) is 10.1 Å². The van der Waals surface area contributed by atoms with Crippen molar-refractivity contribution in [1.82, 2.24) is 0 Å². The molecule has 108 valence electrons. The molecule has 0 amide bonds. The normalized spacial score (nSPS) is 33.5. The van der Waals surface area contributed by atoms with E-state index in [2.05, 4.69) is 5.32 Å². The highest BCUT2D eigenvalue weighted by Crippen LogP contribution is 2.43. The van der Waals surface area contributed by atoms with Gasteiger partial charge in [-0.05, 0) is 12.8 Å². The first-order valence-electron chi connectivity index (χ1n) is 7.40. The first kappa shape index (κ1) is 13.5. The molecule has 0 unspecified atom stereocenters. The Morgan fingerprint density at radius 2 is 2.20 bits per heavy atom. The highest BCUT2D eigenvalue weighted by atomic mass is 16.6. The maximum atomic E-state index is 10.9. The van der Waals surface area contributed by atoms with Crippen LogP contribution in [0.2, 0.25) is 0 Å². The molecule has 1 heterocycles. The van der Waals surface area contributed by atoms with Crippen LogP contribution in [-0.2, 0) is 0 Å². The summed E-state index contributed by atoms with van der Waals surface area (Å²) in [6, 6.07) is 7.04. The second kappa shape index (κ2) is 5.14. The highest BCUT2D eigenvalue weighted by Gasteiger charge is 2.48. The highest BCUT2D eigenvalue weighted by molar-refractivity contribution is 5.35. The molecule has 0 aromatic heterocycles. The summed E-state index contributed by atoms with van der Waals surface area (Å²) in [7, 11) is 0. The minimum Gasteiger partial charge on any atom is -0.389 e. The average molecular weight is 277 g/mol. The molecular weight excluding hydrogens is 256 g/mol. The molecule has 0 bridgehead atoms. The van der Waals surface area contributed by atoms with Crippen LogP contribution in [0.1, 0.15) is 43.7 Å². The molecule has 20 heavy (non-hydrogen) atoms. The molecule has 0 spiro atoms. The predicted molar refractivity (Wildman–Crippen MR) is 74.2 cm³/mol. The maximum Gasteiger partial charge on any atom is 0.269 e. The Morgan fingerprint density at radius 3 is 3.00 bits per heavy atom. The number of benzene rings is 1. The van der Waals surface area contributed by atoms with E-state index in [0.717, 1.165) is 44.2 Å². The standard InChI is InChI=1S/C15H20N2O3/c18-15-7-2-1-6-13(15)14(16-9-8-15)11-4-3-5-12(10-11)17(19)20/h3-5,10,13-14,16,18H,1-2,6-9H2/p+1/t13-,14+,15+/m1/s1. The van der Waals surface area contributed by atoms with Gasteiger partial charge in [0.15, 0.2) is 0 Å². The van der Waals surface area contributed by atoms with Crippen molar-refractivity contribution in [3.8, 4) is 0 Å². The number of hydrogen-bond acceptors (Lipinski definition) is 3. The number of rotatable bonds is 2. The van der Waals surface area contributed by atoms with Gasteiger partial charge in [0, 0.05) is 30.0 Å². The van der Waals surface area contributed by atoms with Gasteiger partial charge in [-0.25, -0.2) is 0 Å². The van der Waals surface area contributed by atoms with Crippen LogP contribution in [-0.4, -0.2) is 22.2 Å². The van der Waals surface area contributed by atoms with E-state index in [4.69, 9.17) is 0 Å². The summed E-state index contributed by atoms with van der Waals surface area (Å²) in [5.74, 6) is 0.215. The van der Waals surface area contributed by atoms with Gasteiger partial charge in [0.1, 0.15) is 6.04 Å². The van der Waals surface area contributed by atoms with Gasteiger partial charge >= 0.3 is 0 Å². The van der Waals surface area contributed by atoms with Crippen LogP contribution < -0.4 is 5.32 Å². The Hall–Kier alpha value is -1.46. The number of fused-ring (bicyclic) bond motifs is 1. The van der Waals surface area contributed by atoms with E-state index in [-0.39, 0.29) is 22.6 Å². The second-order valence-corrected chi connectivity index (χ2v) is 6.11. The zero-order valence-corrected chi connectivity index (χ0v) is 11.5. The summed E-state index contributed by atoms with van der Waals surface area (Å²) in [5.41, 5.74) is 0.549. The van der Waals surface area contributed by atoms with E-state index in [0.29, 0.717) is 0 Å². The van der Waals surface area contributed by atoms with E-state index in [1.54, 1.807) is 12.1 Å². The first-order chi connectivity index (χ1) is 9.60. The summed E-state index contributed by atoms with van der Waals surface area (Å²) in [5, 5.41) is 24.0. The topological polar surface area (TPSA) is 80.0 Å². The van der Waals surface area contributed by atoms with Gasteiger partial charge in [-0.15, -0.1) is 0 Å². The van der Waals surface area contributed by atoms with E-state index >= 15 is 0 Å². The van der Waals surface area contributed by atoms with Crippen molar-refractivity contribution in [1.29, 1.82) is 0 Å². The smallest absolute Gasteiger partial charge is 0.269 e. The van der Waals surface area contributed by atoms with Crippen LogP contribution in [0.4, 0.5) is 5.69 Å². The zero-order chi connectivity index (χ0) is 14.2. The number of nitrogens with two attached hydrogens (primary N) is 1. The molecule has 1 saturated heterocycles. The van der Waals surface area contributed by atoms with Crippen molar-refractivity contribution in [3.05, 3.63) is 39.9 Å². The van der Waals surface area contributed by atoms with Gasteiger partial charge in [0.25, 0.3) is 5.69 Å². The lowest BCUT2D eigenvalue weighted by atomic mass is 9.67. The van der Waals surface area contributed by atoms with Crippen molar-refractivity contribution in [2.45, 2.75) is 43.7 Å². The van der Waals surface area contributed by atoms with E-state index in [1.165, 1.54) is 6.07 Å². The van der Waals surface area contributed by atoms with Gasteiger partial charge in [0.05, 0.1) is 17.1 Å². The molecular formula is C15H21N2O3+. The number of hydrogen-bond donors (Lipinski definition) is 2. The zero-order valence-electron chi connectivity index (χ0n) is 11.5. The summed E-state index contributed by atoms with van der Waals surface area (Å²) in [4.78, 5) is 10.6. The predicted octanol–water partition coefficient (Wildman–Crippen LogP) is 1.52. The molecule has 3 rings (SSSR count). The summed E-state index contributed by atoms with van der Waals surface area (Å²) < 4.78 is 0. The largest absolute Gasteiger partial charge is 0.389 e. The number of nitro groups is 1. The molecule has 1 aromatic carbocycles. The van der Waals surface area contributed by atoms with Crippen LogP contribution >= 0.6 is 0 Å². The maximum absolute atomic E-state index is 10.9. The molecule has 1 aliphatic carbocycles. The first-order valence-corrected chi connectivity index (χ1v) is 7.40. The molecule has 2 fully saturated rings. The molecule has 0 radical (unpaired) electrons. The Balaban J connectivity index is 1.92. The van der Waals surface area contributed by atoms with Crippen molar-refractivity contribution >= 4 is 5.69 Å². The van der Waals surface area contributed by atoms with Crippen LogP contribution in [0.5, 0.6) is 0 Å². The van der Waals surface area contributed by atoms with Crippen LogP contribution in [0, 0.1) is 16.0 Å². The Morgan fingerprint density at radius 1 is 1.35 bits per heavy atom. The number of nitrogens with zero attached hydrogens (tertiary/aromatic N) is 1. The van der Waals surface area contributed by atoms with Crippen molar-refractivity contribution in [2.24, 2.45) is 5.92 Å². The quantitative estimate of drug-likeness (QED) is 0.635. The molecule has 1 aliphatic heterocycles. The molecule has 5 heteroatoms. The van der Waals surface area contributed by atoms with Gasteiger partial charge in [0.2, 0.25) is 0 Å². The number of nitro benzene ring substituents is 1. The van der Waals surface area contributed by atoms with Crippen molar-refractivity contribution in [2.75, 3.05) is 6.54 Å². The van der Waals surface area contributed by atoms with Crippen LogP contribution in [0.3, 0.4) is 0 Å². The molecule has 3 N–H and O–H groups in total. The third-order valence-electron chi connectivity index (χ3n) is 4.96. The number of aliphatic hydroxyl groups is 1. The summed E-state index contributed by atoms with van der Waals surface area (Å²) >= 11 is 0. The third kappa shape index (κ3) is 2.31. The molecule has 3 atom stereocenters. The number of piperidine rings is 1. The Labute approximate surface area is 118 Å². The monoisotopic (exact) mass is 277 g/mol. The number of quaternary nitrogens is 1. The molecule has 1 saturated carbocycles. The van der Waals surface area contributed by atoms with E-state index in [9.17, 15) is 15.2 Å². The minimum absolute atomic E-state index is 0.140. The van der Waals surface area contributed by atoms with Crippen LogP contribution in [0.25, 0.3) is 0 Å². The fraction of sp³-hybridized carbons (Fsp3) is 0.600. The summed E-state index contributed by atoms with van der Waals surface area (Å²) in [6.45, 7) is 0.889. The second-order valence-electron chi connectivity index (χ2n) is 6.11. The lowest BCUT2D eigenvalue weighted by Gasteiger charge is -2.46. The Kier molecular flexibility index (Phi) is 3.48. The van der Waals surface area contributed by atoms with Crippen molar-refractivity contribution < 1.29 is 15.3 Å². The lowest BCUT2D eigenvalue weighted by molar-refractivity contribution is -0.719. The minimum atomic E-state index is -0.567. The van der Waals surface area contributed by atoms with Crippen molar-refractivity contribution in [3.63, 3.8) is 0 Å². The lowest BCUT2D eigenvalue weighted by Crippen LogP contribution is -2.91. The van der Waals surface area contributed by atoms with E-state index < -0.39 is 5.60 Å². The SMILES string of the molecule is O=[N+]([O-])c1cccc([C@@H]2[NH2+]CC[C@@]3(O)CCCC[C@H]23)c1. The van der Waals surface area contributed by atoms with Gasteiger partial charge < -0.3 is 10.4 Å². The average Bonchev–Trinajstić information content (AvgIpc) is 2.46. The van der Waals surface area contributed by atoms with E-state index in [1.807, 2.05) is 6.07 Å². The fourth-order valence-electron chi connectivity index (χ4n) is 3.96.